The van der Waals surface area contributed by atoms with Crippen LogP contribution in [0.2, 0.25) is 0 Å². The minimum atomic E-state index is -3.78. The lowest BCUT2D eigenvalue weighted by atomic mass is 10.0. The summed E-state index contributed by atoms with van der Waals surface area (Å²) in [6.45, 7) is 0.375. The molecule has 0 radical (unpaired) electrons. The van der Waals surface area contributed by atoms with E-state index in [0.717, 1.165) is 12.0 Å². The molecule has 1 aliphatic rings. The molecule has 122 valence electrons. The summed E-state index contributed by atoms with van der Waals surface area (Å²) in [6.07, 6.45) is 2.83. The number of aromatic nitrogens is 1. The lowest BCUT2D eigenvalue weighted by Gasteiger charge is -2.30. The van der Waals surface area contributed by atoms with Gasteiger partial charge in [0.25, 0.3) is 15.9 Å². The van der Waals surface area contributed by atoms with E-state index in [9.17, 15) is 13.2 Å². The van der Waals surface area contributed by atoms with Crippen molar-refractivity contribution >= 4 is 27.3 Å². The number of hydrogen-bond donors (Lipinski definition) is 2. The predicted octanol–water partition coefficient (Wildman–Crippen LogP) is 0.848. The van der Waals surface area contributed by atoms with E-state index in [2.05, 4.69) is 0 Å². The molecule has 0 saturated heterocycles. The molecule has 7 nitrogen and oxygen atoms in total. The number of nitrogen functional groups attached to an aromatic ring is 1. The number of nitrogens with zero attached hydrogens (tertiary/aromatic N) is 2. The molecular weight excluding hydrogens is 316 g/mol. The fourth-order valence-corrected chi connectivity index (χ4v) is 4.52. The average Bonchev–Trinajstić information content (AvgIpc) is 2.90. The van der Waals surface area contributed by atoms with Crippen molar-refractivity contribution in [1.82, 2.24) is 4.57 Å². The first-order chi connectivity index (χ1) is 10.8. The molecule has 0 atom stereocenters. The van der Waals surface area contributed by atoms with Crippen molar-refractivity contribution < 1.29 is 13.2 Å². The molecule has 0 fully saturated rings. The van der Waals surface area contributed by atoms with E-state index in [-0.39, 0.29) is 10.6 Å². The van der Waals surface area contributed by atoms with Gasteiger partial charge in [0.1, 0.15) is 10.6 Å². The Morgan fingerprint density at radius 2 is 2.04 bits per heavy atom. The van der Waals surface area contributed by atoms with Gasteiger partial charge in [-0.05, 0) is 36.6 Å². The molecule has 1 aromatic heterocycles. The minimum absolute atomic E-state index is 0.0454. The number of sulfonamides is 1. The molecule has 0 bridgehead atoms. The van der Waals surface area contributed by atoms with Gasteiger partial charge in [0.15, 0.2) is 0 Å². The number of aryl methyl sites for hydroxylation is 1. The van der Waals surface area contributed by atoms with Crippen LogP contribution in [-0.2, 0) is 23.5 Å². The normalized spacial score (nSPS) is 14.6. The highest BCUT2D eigenvalue weighted by molar-refractivity contribution is 7.92. The van der Waals surface area contributed by atoms with Crippen LogP contribution < -0.4 is 15.8 Å². The molecule has 1 aromatic carbocycles. The Hall–Kier alpha value is -2.48. The number of nitrogens with two attached hydrogens (primary N) is 2. The third-order valence-electron chi connectivity index (χ3n) is 4.06. The van der Waals surface area contributed by atoms with Crippen molar-refractivity contribution in [3.8, 4) is 0 Å². The molecule has 0 saturated carbocycles. The number of benzene rings is 1. The van der Waals surface area contributed by atoms with Crippen LogP contribution in [0.4, 0.5) is 11.4 Å². The predicted molar refractivity (Wildman–Crippen MR) is 87.6 cm³/mol. The molecule has 0 spiro atoms. The molecule has 4 N–H and O–H groups in total. The highest BCUT2D eigenvalue weighted by Crippen LogP contribution is 2.35. The van der Waals surface area contributed by atoms with Crippen LogP contribution in [0.5, 0.6) is 0 Å². The van der Waals surface area contributed by atoms with Gasteiger partial charge in [0.2, 0.25) is 0 Å². The van der Waals surface area contributed by atoms with Gasteiger partial charge in [-0.2, -0.15) is 0 Å². The first-order valence-corrected chi connectivity index (χ1v) is 8.62. The summed E-state index contributed by atoms with van der Waals surface area (Å²) in [5, 5.41) is 0. The molecule has 3 rings (SSSR count). The zero-order chi connectivity index (χ0) is 16.8. The van der Waals surface area contributed by atoms with Crippen molar-refractivity contribution in [3.63, 3.8) is 0 Å². The second kappa shape index (κ2) is 5.31. The first-order valence-electron chi connectivity index (χ1n) is 7.18. The summed E-state index contributed by atoms with van der Waals surface area (Å²) in [6, 6.07) is 6.56. The topological polar surface area (TPSA) is 111 Å². The Kier molecular flexibility index (Phi) is 3.56. The van der Waals surface area contributed by atoms with E-state index < -0.39 is 15.9 Å². The molecule has 8 heteroatoms. The minimum Gasteiger partial charge on any atom is -0.398 e. The first kappa shape index (κ1) is 15.4. The number of amides is 1. The quantitative estimate of drug-likeness (QED) is 0.810. The average molecular weight is 334 g/mol. The fraction of sp³-hybridized carbons (Fsp3) is 0.267. The van der Waals surface area contributed by atoms with Crippen LogP contribution in [0, 0.1) is 0 Å². The summed E-state index contributed by atoms with van der Waals surface area (Å²) in [5.41, 5.74) is 13.4. The Labute approximate surface area is 134 Å². The maximum absolute atomic E-state index is 13.0. The van der Waals surface area contributed by atoms with E-state index in [1.54, 1.807) is 25.2 Å². The Morgan fingerprint density at radius 3 is 2.70 bits per heavy atom. The summed E-state index contributed by atoms with van der Waals surface area (Å²) in [5.74, 6) is -0.669. The molecule has 0 unspecified atom stereocenters. The van der Waals surface area contributed by atoms with Crippen LogP contribution in [0.1, 0.15) is 22.5 Å². The lowest BCUT2D eigenvalue weighted by Crippen LogP contribution is -2.35. The number of anilines is 2. The summed E-state index contributed by atoms with van der Waals surface area (Å²) < 4.78 is 28.7. The van der Waals surface area contributed by atoms with Gasteiger partial charge < -0.3 is 16.0 Å². The summed E-state index contributed by atoms with van der Waals surface area (Å²) in [7, 11) is -2.19. The van der Waals surface area contributed by atoms with E-state index >= 15 is 0 Å². The fourth-order valence-electron chi connectivity index (χ4n) is 2.92. The maximum Gasteiger partial charge on any atom is 0.265 e. The van der Waals surface area contributed by atoms with Gasteiger partial charge in [-0.1, -0.05) is 6.07 Å². The van der Waals surface area contributed by atoms with Crippen LogP contribution in [0.15, 0.2) is 35.4 Å². The van der Waals surface area contributed by atoms with Crippen molar-refractivity contribution in [3.05, 3.63) is 41.7 Å². The molecule has 0 aliphatic carbocycles. The van der Waals surface area contributed by atoms with E-state index in [1.165, 1.54) is 21.1 Å². The van der Waals surface area contributed by atoms with Crippen LogP contribution in [0.25, 0.3) is 0 Å². The highest BCUT2D eigenvalue weighted by atomic mass is 32.2. The highest BCUT2D eigenvalue weighted by Gasteiger charge is 2.31. The van der Waals surface area contributed by atoms with Crippen molar-refractivity contribution in [1.29, 1.82) is 0 Å². The SMILES string of the molecule is Cn1cc(S(=O)(=O)N2CCCc3c(N)cccc32)cc1C(N)=O. The van der Waals surface area contributed by atoms with Gasteiger partial charge in [0.05, 0.1) is 5.69 Å². The van der Waals surface area contributed by atoms with Gasteiger partial charge >= 0.3 is 0 Å². The van der Waals surface area contributed by atoms with Crippen molar-refractivity contribution in [2.24, 2.45) is 12.8 Å². The standard InChI is InChI=1S/C15H18N4O3S/c1-18-9-10(8-14(18)15(17)20)23(21,22)19-7-3-4-11-12(16)5-2-6-13(11)19/h2,5-6,8-9H,3-4,7,16H2,1H3,(H2,17,20). The smallest absolute Gasteiger partial charge is 0.265 e. The molecule has 2 heterocycles. The number of primary amides is 1. The van der Waals surface area contributed by atoms with Crippen LogP contribution in [-0.4, -0.2) is 25.4 Å². The third-order valence-corrected chi connectivity index (χ3v) is 5.84. The monoisotopic (exact) mass is 334 g/mol. The number of fused-ring (bicyclic) bond motifs is 1. The Balaban J connectivity index is 2.10. The van der Waals surface area contributed by atoms with Gasteiger partial charge in [-0.15, -0.1) is 0 Å². The second-order valence-electron chi connectivity index (χ2n) is 5.56. The van der Waals surface area contributed by atoms with Crippen molar-refractivity contribution in [2.75, 3.05) is 16.6 Å². The Bertz CT molecular complexity index is 886. The second-order valence-corrected chi connectivity index (χ2v) is 7.42. The van der Waals surface area contributed by atoms with Crippen LogP contribution >= 0.6 is 0 Å². The lowest BCUT2D eigenvalue weighted by molar-refractivity contribution is 0.0992. The van der Waals surface area contributed by atoms with Gasteiger partial charge in [-0.3, -0.25) is 9.10 Å². The third kappa shape index (κ3) is 2.44. The number of hydrogen-bond acceptors (Lipinski definition) is 4. The van der Waals surface area contributed by atoms with E-state index in [0.29, 0.717) is 24.3 Å². The molecule has 1 aliphatic heterocycles. The number of rotatable bonds is 3. The molecular formula is C15H18N4O3S. The van der Waals surface area contributed by atoms with Gasteiger partial charge in [-0.25, -0.2) is 8.42 Å². The van der Waals surface area contributed by atoms with Crippen molar-refractivity contribution in [2.45, 2.75) is 17.7 Å². The number of carbonyl (C=O) groups is 1. The largest absolute Gasteiger partial charge is 0.398 e. The zero-order valence-corrected chi connectivity index (χ0v) is 13.5. The maximum atomic E-state index is 13.0. The zero-order valence-electron chi connectivity index (χ0n) is 12.7. The van der Waals surface area contributed by atoms with Crippen LogP contribution in [0.3, 0.4) is 0 Å². The number of carbonyl (C=O) groups excluding carboxylic acids is 1. The summed E-state index contributed by atoms with van der Waals surface area (Å²) in [4.78, 5) is 11.4. The molecule has 1 amide bonds. The Morgan fingerprint density at radius 1 is 1.30 bits per heavy atom. The van der Waals surface area contributed by atoms with E-state index in [4.69, 9.17) is 11.5 Å². The van der Waals surface area contributed by atoms with E-state index in [1.807, 2.05) is 0 Å². The molecule has 2 aromatic rings. The molecule has 23 heavy (non-hydrogen) atoms. The van der Waals surface area contributed by atoms with Gasteiger partial charge in [0, 0.05) is 25.5 Å². The summed E-state index contributed by atoms with van der Waals surface area (Å²) >= 11 is 0.